The Morgan fingerprint density at radius 2 is 1.79 bits per heavy atom. The van der Waals surface area contributed by atoms with Gasteiger partial charge in [-0.2, -0.15) is 0 Å². The highest BCUT2D eigenvalue weighted by Gasteiger charge is 2.36. The number of amides is 1. The molecule has 3 aromatic rings. The first kappa shape index (κ1) is 22.8. The number of hydrogen-bond donors (Lipinski definition) is 0. The first-order chi connectivity index (χ1) is 16.5. The zero-order valence-corrected chi connectivity index (χ0v) is 20.9. The molecule has 1 unspecified atom stereocenters. The van der Waals surface area contributed by atoms with Gasteiger partial charge in [0, 0.05) is 19.3 Å². The van der Waals surface area contributed by atoms with Gasteiger partial charge in [0.15, 0.2) is 0 Å². The normalized spacial score (nSPS) is 18.8. The third-order valence-electron chi connectivity index (χ3n) is 6.49. The molecule has 2 fully saturated rings. The number of aryl methyl sites for hydroxylation is 1. The van der Waals surface area contributed by atoms with E-state index in [2.05, 4.69) is 4.90 Å². The van der Waals surface area contributed by atoms with E-state index in [-0.39, 0.29) is 17.5 Å². The van der Waals surface area contributed by atoms with Crippen LogP contribution in [0.15, 0.2) is 58.4 Å². The van der Waals surface area contributed by atoms with E-state index in [4.69, 9.17) is 17.2 Å². The van der Waals surface area contributed by atoms with Crippen molar-refractivity contribution in [2.24, 2.45) is 0 Å². The lowest BCUT2D eigenvalue weighted by molar-refractivity contribution is -0.123. The van der Waals surface area contributed by atoms with Crippen LogP contribution in [0.2, 0.25) is 0 Å². The van der Waals surface area contributed by atoms with Crippen molar-refractivity contribution in [3.05, 3.63) is 80.6 Å². The lowest BCUT2D eigenvalue weighted by Gasteiger charge is -2.29. The Bertz CT molecular complexity index is 1360. The van der Waals surface area contributed by atoms with Crippen LogP contribution in [0.4, 0.5) is 5.82 Å². The van der Waals surface area contributed by atoms with Gasteiger partial charge in [0.05, 0.1) is 16.5 Å². The number of carbonyl (C=O) groups excluding carboxylic acids is 1. The number of fused-ring (bicyclic) bond motifs is 1. The van der Waals surface area contributed by atoms with E-state index in [1.54, 1.807) is 21.6 Å². The number of thiocarbonyl (C=S) groups is 1. The average Bonchev–Trinajstić information content (AvgIpc) is 3.14. The summed E-state index contributed by atoms with van der Waals surface area (Å²) in [4.78, 5) is 36.3. The number of thioether (sulfide) groups is 1. The molecule has 174 valence electrons. The second-order valence-electron chi connectivity index (χ2n) is 8.73. The van der Waals surface area contributed by atoms with Gasteiger partial charge in [-0.1, -0.05) is 60.4 Å². The minimum absolute atomic E-state index is 0.171. The van der Waals surface area contributed by atoms with Crippen LogP contribution in [0.5, 0.6) is 0 Å². The first-order valence-corrected chi connectivity index (χ1v) is 12.8. The van der Waals surface area contributed by atoms with E-state index in [1.807, 2.05) is 56.3 Å². The van der Waals surface area contributed by atoms with E-state index in [9.17, 15) is 9.59 Å². The summed E-state index contributed by atoms with van der Waals surface area (Å²) < 4.78 is 2.07. The van der Waals surface area contributed by atoms with E-state index < -0.39 is 0 Å². The van der Waals surface area contributed by atoms with E-state index in [1.165, 1.54) is 18.2 Å². The highest BCUT2D eigenvalue weighted by molar-refractivity contribution is 8.26. The Kier molecular flexibility index (Phi) is 6.27. The summed E-state index contributed by atoms with van der Waals surface area (Å²) in [6, 6.07) is 13.4. The Morgan fingerprint density at radius 1 is 1.06 bits per heavy atom. The van der Waals surface area contributed by atoms with Crippen molar-refractivity contribution in [3.63, 3.8) is 0 Å². The van der Waals surface area contributed by atoms with Gasteiger partial charge in [-0.15, -0.1) is 0 Å². The van der Waals surface area contributed by atoms with E-state index in [0.717, 1.165) is 37.1 Å². The van der Waals surface area contributed by atoms with Crippen molar-refractivity contribution < 1.29 is 4.79 Å². The second kappa shape index (κ2) is 9.35. The number of pyridine rings is 1. The van der Waals surface area contributed by atoms with Crippen molar-refractivity contribution in [1.82, 2.24) is 14.3 Å². The molecule has 6 nitrogen and oxygen atoms in total. The van der Waals surface area contributed by atoms with Gasteiger partial charge in [-0.05, 0) is 56.4 Å². The van der Waals surface area contributed by atoms with Crippen molar-refractivity contribution in [3.8, 4) is 0 Å². The highest BCUT2D eigenvalue weighted by Crippen LogP contribution is 2.38. The molecule has 4 heterocycles. The highest BCUT2D eigenvalue weighted by atomic mass is 32.2. The van der Waals surface area contributed by atoms with Gasteiger partial charge in [0.1, 0.15) is 15.8 Å². The number of nitrogens with zero attached hydrogens (tertiary/aromatic N) is 4. The van der Waals surface area contributed by atoms with Crippen LogP contribution in [-0.4, -0.2) is 37.6 Å². The molecule has 2 aromatic heterocycles. The van der Waals surface area contributed by atoms with E-state index in [0.29, 0.717) is 26.3 Å². The van der Waals surface area contributed by atoms with Gasteiger partial charge in [-0.3, -0.25) is 18.9 Å². The Labute approximate surface area is 208 Å². The third kappa shape index (κ3) is 4.05. The average molecular weight is 491 g/mol. The van der Waals surface area contributed by atoms with Gasteiger partial charge in [-0.25, -0.2) is 4.98 Å². The maximum absolute atomic E-state index is 13.6. The summed E-state index contributed by atoms with van der Waals surface area (Å²) in [5, 5.41) is 0. The van der Waals surface area contributed by atoms with Crippen LogP contribution in [-0.2, 0) is 4.79 Å². The quantitative estimate of drug-likeness (QED) is 0.381. The van der Waals surface area contributed by atoms with Crippen molar-refractivity contribution in [2.75, 3.05) is 18.0 Å². The van der Waals surface area contributed by atoms with Crippen molar-refractivity contribution >= 4 is 51.7 Å². The number of rotatable bonds is 4. The van der Waals surface area contributed by atoms with Gasteiger partial charge < -0.3 is 4.90 Å². The largest absolute Gasteiger partial charge is 0.356 e. The molecular formula is C26H26N4O2S2. The smallest absolute Gasteiger partial charge is 0.267 e. The molecule has 0 saturated carbocycles. The Balaban J connectivity index is 1.61. The van der Waals surface area contributed by atoms with Gasteiger partial charge >= 0.3 is 0 Å². The lowest BCUT2D eigenvalue weighted by atomic mass is 10.1. The molecular weight excluding hydrogens is 464 g/mol. The number of carbonyl (C=O) groups is 1. The molecule has 0 radical (unpaired) electrons. The number of piperidine rings is 1. The number of hydrogen-bond acceptors (Lipinski definition) is 6. The lowest BCUT2D eigenvalue weighted by Crippen LogP contribution is -2.34. The minimum atomic E-state index is -0.195. The zero-order valence-electron chi connectivity index (χ0n) is 19.2. The molecule has 0 aliphatic carbocycles. The Hall–Kier alpha value is -2.97. The van der Waals surface area contributed by atoms with Crippen LogP contribution in [0.3, 0.4) is 0 Å². The fourth-order valence-electron chi connectivity index (χ4n) is 4.60. The van der Waals surface area contributed by atoms with Crippen LogP contribution in [0.1, 0.15) is 48.9 Å². The number of benzene rings is 1. The molecule has 1 amide bonds. The summed E-state index contributed by atoms with van der Waals surface area (Å²) in [7, 11) is 0. The predicted molar refractivity (Wildman–Crippen MR) is 142 cm³/mol. The second-order valence-corrected chi connectivity index (χ2v) is 10.4. The molecule has 2 aliphatic heterocycles. The topological polar surface area (TPSA) is 57.9 Å². The fraction of sp³-hybridized carbons (Fsp3) is 0.308. The summed E-state index contributed by atoms with van der Waals surface area (Å²) in [6.45, 7) is 5.62. The van der Waals surface area contributed by atoms with Crippen LogP contribution in [0.25, 0.3) is 11.7 Å². The molecule has 0 N–H and O–H groups in total. The molecule has 2 saturated heterocycles. The van der Waals surface area contributed by atoms with Crippen LogP contribution < -0.4 is 10.5 Å². The fourth-order valence-corrected chi connectivity index (χ4v) is 6.00. The molecule has 1 atom stereocenters. The van der Waals surface area contributed by atoms with Gasteiger partial charge in [0.25, 0.3) is 11.5 Å². The van der Waals surface area contributed by atoms with Crippen molar-refractivity contribution in [1.29, 1.82) is 0 Å². The maximum atomic E-state index is 13.6. The zero-order chi connectivity index (χ0) is 23.8. The minimum Gasteiger partial charge on any atom is -0.356 e. The van der Waals surface area contributed by atoms with Crippen LogP contribution in [0, 0.1) is 6.92 Å². The van der Waals surface area contributed by atoms with Crippen LogP contribution >= 0.6 is 24.0 Å². The first-order valence-electron chi connectivity index (χ1n) is 11.5. The summed E-state index contributed by atoms with van der Waals surface area (Å²) in [5.41, 5.74) is 2.87. The monoisotopic (exact) mass is 490 g/mol. The van der Waals surface area contributed by atoms with Crippen molar-refractivity contribution in [2.45, 2.75) is 39.2 Å². The summed E-state index contributed by atoms with van der Waals surface area (Å²) >= 11 is 6.84. The standard InChI is InChI=1S/C26H26N4O2S2/c1-17-10-9-15-29-22(17)27-23(28-13-7-4-8-14-28)20(24(29)31)16-21-25(32)30(26(33)34-21)18(2)19-11-5-3-6-12-19/h3,5-6,9-12,15-16,18H,4,7-8,13-14H2,1-2H3/b21-16+. The molecule has 1 aromatic carbocycles. The number of aromatic nitrogens is 2. The summed E-state index contributed by atoms with van der Waals surface area (Å²) in [6.07, 6.45) is 6.73. The summed E-state index contributed by atoms with van der Waals surface area (Å²) in [5.74, 6) is 0.477. The molecule has 8 heteroatoms. The SMILES string of the molecule is Cc1cccn2c(=O)c(/C=C3/SC(=S)N(C(C)c4ccccc4)C3=O)c(N3CCCCC3)nc12. The number of anilines is 1. The molecule has 5 rings (SSSR count). The maximum Gasteiger partial charge on any atom is 0.267 e. The third-order valence-corrected chi connectivity index (χ3v) is 7.82. The van der Waals surface area contributed by atoms with E-state index >= 15 is 0 Å². The molecule has 34 heavy (non-hydrogen) atoms. The molecule has 0 spiro atoms. The molecule has 2 aliphatic rings. The van der Waals surface area contributed by atoms with Gasteiger partial charge in [0.2, 0.25) is 0 Å². The Morgan fingerprint density at radius 3 is 2.53 bits per heavy atom. The predicted octanol–water partition coefficient (Wildman–Crippen LogP) is 4.96. The molecule has 0 bridgehead atoms.